The molecule has 0 bridgehead atoms. The average Bonchev–Trinajstić information content (AvgIpc) is 3.02. The van der Waals surface area contributed by atoms with E-state index in [0.29, 0.717) is 12.1 Å². The summed E-state index contributed by atoms with van der Waals surface area (Å²) in [5, 5.41) is 4.27. The Labute approximate surface area is 128 Å². The third kappa shape index (κ3) is 2.46. The predicted molar refractivity (Wildman–Crippen MR) is 82.6 cm³/mol. The number of piperidine rings is 1. The van der Waals surface area contributed by atoms with E-state index in [1.54, 1.807) is 12.3 Å². The Bertz CT molecular complexity index is 722. The number of primary amides is 1. The molecule has 22 heavy (non-hydrogen) atoms. The van der Waals surface area contributed by atoms with Crippen molar-refractivity contribution in [3.05, 3.63) is 35.5 Å². The number of ether oxygens (including phenoxy) is 1. The number of methoxy groups -OCH3 is 1. The lowest BCUT2D eigenvalue weighted by atomic mass is 9.83. The Morgan fingerprint density at radius 3 is 2.82 bits per heavy atom. The number of aromatic nitrogens is 1. The number of aromatic amines is 1. The molecule has 0 aliphatic carbocycles. The molecule has 2 heterocycles. The van der Waals surface area contributed by atoms with E-state index < -0.39 is 5.91 Å². The van der Waals surface area contributed by atoms with Crippen LogP contribution in [0.1, 0.15) is 28.3 Å². The summed E-state index contributed by atoms with van der Waals surface area (Å²) in [6.07, 6.45) is 2.53. The summed E-state index contributed by atoms with van der Waals surface area (Å²) in [6, 6.07) is 5.62. The first-order valence-electron chi connectivity index (χ1n) is 7.30. The Balaban J connectivity index is 1.96. The molecule has 0 radical (unpaired) electrons. The molecule has 1 aromatic carbocycles. The van der Waals surface area contributed by atoms with Crippen LogP contribution in [0.5, 0.6) is 0 Å². The zero-order valence-electron chi connectivity index (χ0n) is 12.4. The van der Waals surface area contributed by atoms with Crippen LogP contribution in [0.15, 0.2) is 24.4 Å². The fraction of sp³-hybridized carbons (Fsp3) is 0.375. The quantitative estimate of drug-likeness (QED) is 0.740. The summed E-state index contributed by atoms with van der Waals surface area (Å²) >= 11 is 0. The van der Waals surface area contributed by atoms with Crippen molar-refractivity contribution in [1.82, 2.24) is 10.3 Å². The van der Waals surface area contributed by atoms with Crippen molar-refractivity contribution >= 4 is 22.8 Å². The molecule has 1 fully saturated rings. The fourth-order valence-corrected chi connectivity index (χ4v) is 3.27. The highest BCUT2D eigenvalue weighted by molar-refractivity contribution is 6.05. The van der Waals surface area contributed by atoms with Crippen LogP contribution in [0.25, 0.3) is 10.9 Å². The van der Waals surface area contributed by atoms with Crippen molar-refractivity contribution in [3.63, 3.8) is 0 Å². The number of benzene rings is 1. The molecular weight excluding hydrogens is 282 g/mol. The molecule has 2 aromatic rings. The largest absolute Gasteiger partial charge is 0.469 e. The average molecular weight is 301 g/mol. The van der Waals surface area contributed by atoms with Gasteiger partial charge in [-0.1, -0.05) is 6.07 Å². The number of carbonyl (C=O) groups is 2. The topological polar surface area (TPSA) is 97.2 Å². The Morgan fingerprint density at radius 1 is 1.27 bits per heavy atom. The lowest BCUT2D eigenvalue weighted by Crippen LogP contribution is -2.39. The minimum Gasteiger partial charge on any atom is -0.469 e. The van der Waals surface area contributed by atoms with E-state index in [0.717, 1.165) is 29.4 Å². The van der Waals surface area contributed by atoms with Crippen LogP contribution in [0.4, 0.5) is 0 Å². The number of esters is 1. The summed E-state index contributed by atoms with van der Waals surface area (Å²) in [7, 11) is 1.41. The molecule has 0 spiro atoms. The zero-order valence-corrected chi connectivity index (χ0v) is 12.4. The van der Waals surface area contributed by atoms with Gasteiger partial charge in [0, 0.05) is 24.7 Å². The molecule has 4 N–H and O–H groups in total. The van der Waals surface area contributed by atoms with Crippen LogP contribution in [-0.4, -0.2) is 37.1 Å². The van der Waals surface area contributed by atoms with Gasteiger partial charge in [0.25, 0.3) is 5.91 Å². The first kappa shape index (κ1) is 14.6. The SMILES string of the molecule is COC(=O)[C@H]1CNC[C@@H](c2ccc(C(N)=O)c3[nH]ccc23)C1. The summed E-state index contributed by atoms with van der Waals surface area (Å²) in [5.41, 5.74) is 7.77. The van der Waals surface area contributed by atoms with Gasteiger partial charge in [0.15, 0.2) is 0 Å². The second kappa shape index (κ2) is 5.81. The molecule has 6 heteroatoms. The third-order valence-corrected chi connectivity index (χ3v) is 4.35. The molecule has 1 saturated heterocycles. The lowest BCUT2D eigenvalue weighted by Gasteiger charge is -2.29. The normalized spacial score (nSPS) is 21.7. The standard InChI is InChI=1S/C16H19N3O3/c1-22-16(21)10-6-9(7-18-8-10)11-2-3-13(15(17)20)14-12(11)4-5-19-14/h2-5,9-10,18-19H,6-8H2,1H3,(H2,17,20)/t9-,10+/m0/s1. The van der Waals surface area contributed by atoms with Crippen LogP contribution >= 0.6 is 0 Å². The van der Waals surface area contributed by atoms with Gasteiger partial charge in [-0.05, 0) is 30.0 Å². The van der Waals surface area contributed by atoms with Crippen LogP contribution in [-0.2, 0) is 9.53 Å². The molecule has 6 nitrogen and oxygen atoms in total. The molecule has 1 aromatic heterocycles. The first-order valence-corrected chi connectivity index (χ1v) is 7.30. The second-order valence-corrected chi connectivity index (χ2v) is 5.64. The molecule has 1 aliphatic rings. The lowest BCUT2D eigenvalue weighted by molar-refractivity contribution is -0.146. The van der Waals surface area contributed by atoms with Crippen molar-refractivity contribution in [1.29, 1.82) is 0 Å². The number of nitrogens with one attached hydrogen (secondary N) is 2. The zero-order chi connectivity index (χ0) is 15.7. The van der Waals surface area contributed by atoms with Gasteiger partial charge >= 0.3 is 5.97 Å². The Kier molecular flexibility index (Phi) is 3.85. The number of hydrogen-bond acceptors (Lipinski definition) is 4. The third-order valence-electron chi connectivity index (χ3n) is 4.35. The van der Waals surface area contributed by atoms with E-state index in [-0.39, 0.29) is 17.8 Å². The molecule has 0 unspecified atom stereocenters. The highest BCUT2D eigenvalue weighted by atomic mass is 16.5. The summed E-state index contributed by atoms with van der Waals surface area (Å²) in [5.74, 6) is -0.587. The minimum absolute atomic E-state index is 0.145. The van der Waals surface area contributed by atoms with E-state index in [4.69, 9.17) is 10.5 Å². The predicted octanol–water partition coefficient (Wildman–Crippen LogP) is 1.13. The molecular formula is C16H19N3O3. The summed E-state index contributed by atoms with van der Waals surface area (Å²) < 4.78 is 4.85. The minimum atomic E-state index is -0.451. The molecule has 1 amide bonds. The number of hydrogen-bond donors (Lipinski definition) is 3. The van der Waals surface area contributed by atoms with Crippen molar-refractivity contribution in [2.75, 3.05) is 20.2 Å². The Hall–Kier alpha value is -2.34. The number of nitrogens with two attached hydrogens (primary N) is 1. The monoisotopic (exact) mass is 301 g/mol. The second-order valence-electron chi connectivity index (χ2n) is 5.64. The highest BCUT2D eigenvalue weighted by Crippen LogP contribution is 2.33. The van der Waals surface area contributed by atoms with E-state index in [9.17, 15) is 9.59 Å². The summed E-state index contributed by atoms with van der Waals surface area (Å²) in [4.78, 5) is 26.4. The van der Waals surface area contributed by atoms with E-state index >= 15 is 0 Å². The molecule has 0 saturated carbocycles. The maximum atomic E-state index is 11.8. The fourth-order valence-electron chi connectivity index (χ4n) is 3.27. The van der Waals surface area contributed by atoms with Gasteiger partial charge in [-0.15, -0.1) is 0 Å². The van der Waals surface area contributed by atoms with Gasteiger partial charge in [0.05, 0.1) is 24.1 Å². The van der Waals surface area contributed by atoms with Crippen molar-refractivity contribution < 1.29 is 14.3 Å². The van der Waals surface area contributed by atoms with E-state index in [2.05, 4.69) is 10.3 Å². The number of fused-ring (bicyclic) bond motifs is 1. The van der Waals surface area contributed by atoms with Gasteiger partial charge in [-0.2, -0.15) is 0 Å². The maximum Gasteiger partial charge on any atom is 0.309 e. The van der Waals surface area contributed by atoms with Crippen LogP contribution in [0.3, 0.4) is 0 Å². The number of rotatable bonds is 3. The number of H-pyrrole nitrogens is 1. The highest BCUT2D eigenvalue weighted by Gasteiger charge is 2.29. The van der Waals surface area contributed by atoms with Crippen LogP contribution in [0, 0.1) is 5.92 Å². The van der Waals surface area contributed by atoms with E-state index in [1.165, 1.54) is 7.11 Å². The van der Waals surface area contributed by atoms with Crippen LogP contribution < -0.4 is 11.1 Å². The van der Waals surface area contributed by atoms with Crippen molar-refractivity contribution in [2.45, 2.75) is 12.3 Å². The molecule has 1 aliphatic heterocycles. The number of carbonyl (C=O) groups excluding carboxylic acids is 2. The van der Waals surface area contributed by atoms with Gasteiger partial charge in [0.1, 0.15) is 0 Å². The van der Waals surface area contributed by atoms with Crippen molar-refractivity contribution in [3.8, 4) is 0 Å². The van der Waals surface area contributed by atoms with Crippen LogP contribution in [0.2, 0.25) is 0 Å². The van der Waals surface area contributed by atoms with Crippen molar-refractivity contribution in [2.24, 2.45) is 11.7 Å². The molecule has 3 rings (SSSR count). The van der Waals surface area contributed by atoms with Gasteiger partial charge in [-0.25, -0.2) is 0 Å². The maximum absolute atomic E-state index is 11.8. The molecule has 2 atom stereocenters. The Morgan fingerprint density at radius 2 is 2.09 bits per heavy atom. The van der Waals surface area contributed by atoms with Gasteiger partial charge in [0.2, 0.25) is 0 Å². The van der Waals surface area contributed by atoms with Gasteiger partial charge in [-0.3, -0.25) is 9.59 Å². The first-order chi connectivity index (χ1) is 10.6. The smallest absolute Gasteiger partial charge is 0.309 e. The summed E-state index contributed by atoms with van der Waals surface area (Å²) in [6.45, 7) is 1.43. The van der Waals surface area contributed by atoms with E-state index in [1.807, 2.05) is 12.1 Å². The number of amides is 1. The van der Waals surface area contributed by atoms with Gasteiger partial charge < -0.3 is 20.8 Å². The molecule has 116 valence electrons.